The lowest BCUT2D eigenvalue weighted by atomic mass is 10.3. The van der Waals surface area contributed by atoms with Crippen molar-refractivity contribution in [3.8, 4) is 0 Å². The zero-order valence-corrected chi connectivity index (χ0v) is 11.4. The van der Waals surface area contributed by atoms with Gasteiger partial charge in [0.1, 0.15) is 17.3 Å². The molecule has 0 aromatic carbocycles. The van der Waals surface area contributed by atoms with E-state index in [2.05, 4.69) is 14.9 Å². The fourth-order valence-corrected chi connectivity index (χ4v) is 2.31. The van der Waals surface area contributed by atoms with Crippen LogP contribution < -0.4 is 4.90 Å². The van der Waals surface area contributed by atoms with Gasteiger partial charge in [-0.2, -0.15) is 0 Å². The van der Waals surface area contributed by atoms with Gasteiger partial charge in [0.25, 0.3) is 0 Å². The SMILES string of the molecule is CC(=O)N1CCCN(c2ncnc(Cl)c2C)CC1. The molecule has 2 heterocycles. The van der Waals surface area contributed by atoms with E-state index in [0.717, 1.165) is 44.0 Å². The Morgan fingerprint density at radius 3 is 2.78 bits per heavy atom. The number of rotatable bonds is 1. The predicted molar refractivity (Wildman–Crippen MR) is 70.9 cm³/mol. The first-order valence-electron chi connectivity index (χ1n) is 6.07. The van der Waals surface area contributed by atoms with Crippen molar-refractivity contribution in [2.24, 2.45) is 0 Å². The second-order valence-electron chi connectivity index (χ2n) is 4.46. The maximum absolute atomic E-state index is 11.4. The van der Waals surface area contributed by atoms with Crippen molar-refractivity contribution < 1.29 is 4.79 Å². The molecule has 2 rings (SSSR count). The van der Waals surface area contributed by atoms with Crippen molar-refractivity contribution in [1.82, 2.24) is 14.9 Å². The molecule has 1 saturated heterocycles. The number of carbonyl (C=O) groups excluding carboxylic acids is 1. The Morgan fingerprint density at radius 1 is 1.28 bits per heavy atom. The molecule has 6 heteroatoms. The van der Waals surface area contributed by atoms with Crippen LogP contribution in [0.1, 0.15) is 18.9 Å². The van der Waals surface area contributed by atoms with E-state index in [9.17, 15) is 4.79 Å². The Morgan fingerprint density at radius 2 is 2.06 bits per heavy atom. The summed E-state index contributed by atoms with van der Waals surface area (Å²) < 4.78 is 0. The molecule has 98 valence electrons. The normalized spacial score (nSPS) is 16.6. The Bertz CT molecular complexity index is 452. The summed E-state index contributed by atoms with van der Waals surface area (Å²) >= 11 is 6.01. The summed E-state index contributed by atoms with van der Waals surface area (Å²) in [6.45, 7) is 6.75. The van der Waals surface area contributed by atoms with Gasteiger partial charge in [-0.3, -0.25) is 4.79 Å². The molecule has 1 aromatic heterocycles. The van der Waals surface area contributed by atoms with Crippen LogP contribution in [0.3, 0.4) is 0 Å². The van der Waals surface area contributed by atoms with E-state index < -0.39 is 0 Å². The van der Waals surface area contributed by atoms with Crippen LogP contribution in [0, 0.1) is 6.92 Å². The van der Waals surface area contributed by atoms with Crippen LogP contribution in [0.2, 0.25) is 5.15 Å². The third-order valence-electron chi connectivity index (χ3n) is 3.24. The van der Waals surface area contributed by atoms with Gasteiger partial charge >= 0.3 is 0 Å². The average Bonchev–Trinajstić information content (AvgIpc) is 2.58. The smallest absolute Gasteiger partial charge is 0.219 e. The van der Waals surface area contributed by atoms with E-state index >= 15 is 0 Å². The van der Waals surface area contributed by atoms with Gasteiger partial charge in [0.15, 0.2) is 0 Å². The third-order valence-corrected chi connectivity index (χ3v) is 3.62. The zero-order valence-electron chi connectivity index (χ0n) is 10.7. The fourth-order valence-electron chi connectivity index (χ4n) is 2.18. The molecule has 1 aliphatic heterocycles. The molecule has 0 atom stereocenters. The van der Waals surface area contributed by atoms with Crippen molar-refractivity contribution in [2.75, 3.05) is 31.1 Å². The van der Waals surface area contributed by atoms with Gasteiger partial charge in [0, 0.05) is 38.7 Å². The first kappa shape index (κ1) is 13.1. The lowest BCUT2D eigenvalue weighted by Gasteiger charge is -2.23. The molecule has 5 nitrogen and oxygen atoms in total. The van der Waals surface area contributed by atoms with Crippen LogP contribution >= 0.6 is 11.6 Å². The van der Waals surface area contributed by atoms with E-state index in [1.807, 2.05) is 11.8 Å². The van der Waals surface area contributed by atoms with E-state index in [1.54, 1.807) is 6.92 Å². The van der Waals surface area contributed by atoms with Gasteiger partial charge in [0.05, 0.1) is 0 Å². The van der Waals surface area contributed by atoms with Gasteiger partial charge in [-0.15, -0.1) is 0 Å². The lowest BCUT2D eigenvalue weighted by Crippen LogP contribution is -2.34. The summed E-state index contributed by atoms with van der Waals surface area (Å²) in [5, 5.41) is 0.493. The summed E-state index contributed by atoms with van der Waals surface area (Å²) in [4.78, 5) is 23.7. The van der Waals surface area contributed by atoms with Gasteiger partial charge in [0.2, 0.25) is 5.91 Å². The zero-order chi connectivity index (χ0) is 13.1. The lowest BCUT2D eigenvalue weighted by molar-refractivity contribution is -0.128. The summed E-state index contributed by atoms with van der Waals surface area (Å²) in [7, 11) is 0. The third kappa shape index (κ3) is 2.72. The van der Waals surface area contributed by atoms with Crippen molar-refractivity contribution in [1.29, 1.82) is 0 Å². The van der Waals surface area contributed by atoms with Gasteiger partial charge in [-0.25, -0.2) is 9.97 Å². The Labute approximate surface area is 112 Å². The monoisotopic (exact) mass is 268 g/mol. The summed E-state index contributed by atoms with van der Waals surface area (Å²) in [5.74, 6) is 1.01. The highest BCUT2D eigenvalue weighted by Crippen LogP contribution is 2.22. The van der Waals surface area contributed by atoms with Crippen molar-refractivity contribution in [2.45, 2.75) is 20.3 Å². The Kier molecular flexibility index (Phi) is 4.01. The van der Waals surface area contributed by atoms with E-state index in [0.29, 0.717) is 5.15 Å². The van der Waals surface area contributed by atoms with Crippen LogP contribution in [-0.2, 0) is 4.79 Å². The maximum atomic E-state index is 11.4. The topological polar surface area (TPSA) is 49.3 Å². The van der Waals surface area contributed by atoms with Gasteiger partial charge in [-0.1, -0.05) is 11.6 Å². The summed E-state index contributed by atoms with van der Waals surface area (Å²) in [6.07, 6.45) is 2.43. The van der Waals surface area contributed by atoms with Gasteiger partial charge < -0.3 is 9.80 Å². The number of aromatic nitrogens is 2. The molecular formula is C12H17ClN4O. The number of carbonyl (C=O) groups is 1. The van der Waals surface area contributed by atoms with E-state index in [-0.39, 0.29) is 5.91 Å². The molecule has 1 aromatic rings. The largest absolute Gasteiger partial charge is 0.354 e. The minimum Gasteiger partial charge on any atom is -0.354 e. The van der Waals surface area contributed by atoms with Crippen LogP contribution in [0.5, 0.6) is 0 Å². The number of nitrogens with zero attached hydrogens (tertiary/aromatic N) is 4. The molecule has 0 aliphatic carbocycles. The van der Waals surface area contributed by atoms with Crippen LogP contribution in [0.15, 0.2) is 6.33 Å². The molecule has 0 radical (unpaired) electrons. The fraction of sp³-hybridized carbons (Fsp3) is 0.583. The predicted octanol–water partition coefficient (Wildman–Crippen LogP) is 1.50. The Balaban J connectivity index is 2.15. The minimum atomic E-state index is 0.134. The molecule has 0 spiro atoms. The summed E-state index contributed by atoms with van der Waals surface area (Å²) in [6, 6.07) is 0. The molecule has 1 amide bonds. The molecular weight excluding hydrogens is 252 g/mol. The highest BCUT2D eigenvalue weighted by atomic mass is 35.5. The van der Waals surface area contributed by atoms with Gasteiger partial charge in [-0.05, 0) is 13.3 Å². The van der Waals surface area contributed by atoms with Crippen LogP contribution in [0.25, 0.3) is 0 Å². The number of halogens is 1. The van der Waals surface area contributed by atoms with Crippen LogP contribution in [-0.4, -0.2) is 47.0 Å². The minimum absolute atomic E-state index is 0.134. The molecule has 1 fully saturated rings. The maximum Gasteiger partial charge on any atom is 0.219 e. The Hall–Kier alpha value is -1.36. The quantitative estimate of drug-likeness (QED) is 0.725. The standard InChI is InChI=1S/C12H17ClN4O/c1-9-11(13)14-8-15-12(9)17-5-3-4-16(6-7-17)10(2)18/h8H,3-7H2,1-2H3. The first-order chi connectivity index (χ1) is 8.59. The highest BCUT2D eigenvalue weighted by molar-refractivity contribution is 6.30. The number of amides is 1. The first-order valence-corrected chi connectivity index (χ1v) is 6.45. The van der Waals surface area contributed by atoms with Crippen molar-refractivity contribution >= 4 is 23.3 Å². The molecule has 0 unspecified atom stereocenters. The molecule has 0 N–H and O–H groups in total. The number of hydrogen-bond donors (Lipinski definition) is 0. The number of anilines is 1. The van der Waals surface area contributed by atoms with E-state index in [1.165, 1.54) is 6.33 Å². The van der Waals surface area contributed by atoms with Crippen molar-refractivity contribution in [3.05, 3.63) is 17.0 Å². The number of hydrogen-bond acceptors (Lipinski definition) is 4. The second kappa shape index (κ2) is 5.52. The van der Waals surface area contributed by atoms with Crippen molar-refractivity contribution in [3.63, 3.8) is 0 Å². The molecule has 0 bridgehead atoms. The molecule has 0 saturated carbocycles. The summed E-state index contributed by atoms with van der Waals surface area (Å²) in [5.41, 5.74) is 0.899. The molecule has 18 heavy (non-hydrogen) atoms. The van der Waals surface area contributed by atoms with E-state index in [4.69, 9.17) is 11.6 Å². The molecule has 1 aliphatic rings. The highest BCUT2D eigenvalue weighted by Gasteiger charge is 2.19. The van der Waals surface area contributed by atoms with Crippen LogP contribution in [0.4, 0.5) is 5.82 Å². The average molecular weight is 269 g/mol. The second-order valence-corrected chi connectivity index (χ2v) is 4.82.